The molecule has 0 aromatic heterocycles. The molecule has 4 nitrogen and oxygen atoms in total. The van der Waals surface area contributed by atoms with Crippen LogP contribution in [0.15, 0.2) is 0 Å². The van der Waals surface area contributed by atoms with Gasteiger partial charge in [-0.3, -0.25) is 5.41 Å². The van der Waals surface area contributed by atoms with E-state index in [4.69, 9.17) is 11.1 Å². The van der Waals surface area contributed by atoms with Gasteiger partial charge in [0.1, 0.15) is 0 Å². The number of amidine groups is 1. The zero-order chi connectivity index (χ0) is 13.2. The molecule has 0 aromatic carbocycles. The van der Waals surface area contributed by atoms with Crippen molar-refractivity contribution in [2.45, 2.75) is 33.2 Å². The van der Waals surface area contributed by atoms with Crippen molar-refractivity contribution < 1.29 is 0 Å². The van der Waals surface area contributed by atoms with Crippen LogP contribution < -0.4 is 5.73 Å². The molecule has 0 amide bonds. The van der Waals surface area contributed by atoms with Gasteiger partial charge in [-0.15, -0.1) is 0 Å². The molecule has 0 spiro atoms. The van der Waals surface area contributed by atoms with Crippen LogP contribution in [-0.4, -0.2) is 55.4 Å². The van der Waals surface area contributed by atoms with E-state index in [2.05, 4.69) is 44.7 Å². The molecule has 2 atom stereocenters. The first kappa shape index (κ1) is 14.5. The van der Waals surface area contributed by atoms with Crippen LogP contribution in [0.2, 0.25) is 0 Å². The Hall–Kier alpha value is -0.610. The summed E-state index contributed by atoms with van der Waals surface area (Å²) in [6.07, 6.45) is 0.967. The van der Waals surface area contributed by atoms with Crippen molar-refractivity contribution in [3.8, 4) is 0 Å². The number of rotatable bonds is 5. The van der Waals surface area contributed by atoms with Gasteiger partial charge in [-0.25, -0.2) is 0 Å². The molecule has 1 fully saturated rings. The van der Waals surface area contributed by atoms with Gasteiger partial charge >= 0.3 is 0 Å². The van der Waals surface area contributed by atoms with Crippen molar-refractivity contribution >= 4 is 5.84 Å². The molecule has 1 saturated heterocycles. The zero-order valence-electron chi connectivity index (χ0n) is 12.0. The number of hydrogen-bond donors (Lipinski definition) is 2. The molecule has 3 N–H and O–H groups in total. The summed E-state index contributed by atoms with van der Waals surface area (Å²) in [5, 5.41) is 7.57. The molecule has 2 unspecified atom stereocenters. The summed E-state index contributed by atoms with van der Waals surface area (Å²) in [6, 6.07) is 0.662. The van der Waals surface area contributed by atoms with Crippen molar-refractivity contribution in [1.29, 1.82) is 5.41 Å². The predicted octanol–water partition coefficient (Wildman–Crippen LogP) is 1.22. The Balaban J connectivity index is 2.43. The summed E-state index contributed by atoms with van der Waals surface area (Å²) in [5.74, 6) is 1.03. The van der Waals surface area contributed by atoms with E-state index < -0.39 is 0 Å². The van der Waals surface area contributed by atoms with Gasteiger partial charge in [-0.2, -0.15) is 0 Å². The lowest BCUT2D eigenvalue weighted by molar-refractivity contribution is 0.244. The first-order valence-corrected chi connectivity index (χ1v) is 6.47. The van der Waals surface area contributed by atoms with Crippen LogP contribution in [0, 0.1) is 16.7 Å². The van der Waals surface area contributed by atoms with E-state index >= 15 is 0 Å². The summed E-state index contributed by atoms with van der Waals surface area (Å²) in [6.45, 7) is 9.78. The third-order valence-electron chi connectivity index (χ3n) is 4.09. The Morgan fingerprint density at radius 3 is 2.41 bits per heavy atom. The maximum absolute atomic E-state index is 7.57. The molecule has 0 bridgehead atoms. The quantitative estimate of drug-likeness (QED) is 0.561. The normalized spacial score (nSPS) is 26.7. The van der Waals surface area contributed by atoms with Crippen LogP contribution >= 0.6 is 0 Å². The van der Waals surface area contributed by atoms with Gasteiger partial charge in [0.15, 0.2) is 0 Å². The fraction of sp³-hybridized carbons (Fsp3) is 0.923. The Morgan fingerprint density at radius 1 is 1.41 bits per heavy atom. The van der Waals surface area contributed by atoms with Gasteiger partial charge in [0.05, 0.1) is 5.84 Å². The fourth-order valence-electron chi connectivity index (χ4n) is 2.48. The van der Waals surface area contributed by atoms with Crippen LogP contribution in [0.3, 0.4) is 0 Å². The van der Waals surface area contributed by atoms with E-state index in [0.717, 1.165) is 32.0 Å². The highest BCUT2D eigenvalue weighted by atomic mass is 15.2. The molecule has 1 aliphatic rings. The van der Waals surface area contributed by atoms with E-state index in [1.54, 1.807) is 0 Å². The third kappa shape index (κ3) is 3.68. The minimum Gasteiger partial charge on any atom is -0.387 e. The fourth-order valence-corrected chi connectivity index (χ4v) is 2.48. The second-order valence-electron chi connectivity index (χ2n) is 6.32. The SMILES string of the molecule is CC1CN(CCC(C)(C)C(=N)N)CC1N(C)C. The number of nitrogens with two attached hydrogens (primary N) is 1. The second-order valence-corrected chi connectivity index (χ2v) is 6.32. The highest BCUT2D eigenvalue weighted by Crippen LogP contribution is 2.24. The molecule has 1 heterocycles. The van der Waals surface area contributed by atoms with Crippen LogP contribution in [0.4, 0.5) is 0 Å². The Morgan fingerprint density at radius 2 is 2.00 bits per heavy atom. The maximum Gasteiger partial charge on any atom is 0.0963 e. The molecule has 100 valence electrons. The minimum atomic E-state index is -0.167. The van der Waals surface area contributed by atoms with E-state index in [-0.39, 0.29) is 5.41 Å². The van der Waals surface area contributed by atoms with Crippen molar-refractivity contribution in [3.05, 3.63) is 0 Å². The highest BCUT2D eigenvalue weighted by molar-refractivity contribution is 5.82. The number of nitrogens with one attached hydrogen (secondary N) is 1. The second kappa shape index (κ2) is 5.36. The average Bonchev–Trinajstić information content (AvgIpc) is 2.57. The van der Waals surface area contributed by atoms with Crippen molar-refractivity contribution in [1.82, 2.24) is 9.80 Å². The highest BCUT2D eigenvalue weighted by Gasteiger charge is 2.32. The third-order valence-corrected chi connectivity index (χ3v) is 4.09. The molecular formula is C13H28N4. The number of likely N-dealkylation sites (N-methyl/N-ethyl adjacent to an activating group) is 1. The van der Waals surface area contributed by atoms with Crippen molar-refractivity contribution in [2.24, 2.45) is 17.1 Å². The topological polar surface area (TPSA) is 56.4 Å². The maximum atomic E-state index is 7.57. The van der Waals surface area contributed by atoms with Crippen LogP contribution in [0.25, 0.3) is 0 Å². The first-order valence-electron chi connectivity index (χ1n) is 6.47. The molecule has 0 aliphatic carbocycles. The molecule has 17 heavy (non-hydrogen) atoms. The lowest BCUT2D eigenvalue weighted by Gasteiger charge is -2.26. The number of likely N-dealkylation sites (tertiary alicyclic amines) is 1. The summed E-state index contributed by atoms with van der Waals surface area (Å²) in [5.41, 5.74) is 5.45. The van der Waals surface area contributed by atoms with Crippen LogP contribution in [0.5, 0.6) is 0 Å². The van der Waals surface area contributed by atoms with E-state index in [1.807, 2.05) is 0 Å². The summed E-state index contributed by atoms with van der Waals surface area (Å²) in [7, 11) is 4.31. The monoisotopic (exact) mass is 240 g/mol. The summed E-state index contributed by atoms with van der Waals surface area (Å²) in [4.78, 5) is 4.82. The Bertz CT molecular complexity index is 273. The van der Waals surface area contributed by atoms with Crippen LogP contribution in [-0.2, 0) is 0 Å². The Kier molecular flexibility index (Phi) is 4.55. The van der Waals surface area contributed by atoms with Gasteiger partial charge in [0, 0.05) is 24.5 Å². The standard InChI is InChI=1S/C13H28N4/c1-10-8-17(9-11(10)16(4)5)7-6-13(2,3)12(14)15/h10-11H,6-9H2,1-5H3,(H3,14,15). The van der Waals surface area contributed by atoms with Gasteiger partial charge in [0.2, 0.25) is 0 Å². The first-order chi connectivity index (χ1) is 7.74. The summed E-state index contributed by atoms with van der Waals surface area (Å²) < 4.78 is 0. The van der Waals surface area contributed by atoms with Gasteiger partial charge in [-0.1, -0.05) is 20.8 Å². The van der Waals surface area contributed by atoms with Gasteiger partial charge in [-0.05, 0) is 33.0 Å². The Labute approximate surface area is 106 Å². The van der Waals surface area contributed by atoms with Gasteiger partial charge < -0.3 is 15.5 Å². The van der Waals surface area contributed by atoms with Crippen molar-refractivity contribution in [3.63, 3.8) is 0 Å². The average molecular weight is 240 g/mol. The van der Waals surface area contributed by atoms with E-state index in [0.29, 0.717) is 11.9 Å². The molecule has 4 heteroatoms. The molecule has 1 rings (SSSR count). The number of nitrogens with zero attached hydrogens (tertiary/aromatic N) is 2. The zero-order valence-corrected chi connectivity index (χ0v) is 12.0. The number of hydrogen-bond acceptors (Lipinski definition) is 3. The molecule has 1 aliphatic heterocycles. The van der Waals surface area contributed by atoms with Crippen molar-refractivity contribution in [2.75, 3.05) is 33.7 Å². The lowest BCUT2D eigenvalue weighted by Crippen LogP contribution is -2.37. The predicted molar refractivity (Wildman–Crippen MR) is 73.4 cm³/mol. The van der Waals surface area contributed by atoms with Gasteiger partial charge in [0.25, 0.3) is 0 Å². The molecule has 0 aromatic rings. The smallest absolute Gasteiger partial charge is 0.0963 e. The largest absolute Gasteiger partial charge is 0.387 e. The summed E-state index contributed by atoms with van der Waals surface area (Å²) >= 11 is 0. The lowest BCUT2D eigenvalue weighted by atomic mass is 9.88. The molecule has 0 radical (unpaired) electrons. The molecule has 0 saturated carbocycles. The van der Waals surface area contributed by atoms with E-state index in [1.165, 1.54) is 0 Å². The molecular weight excluding hydrogens is 212 g/mol. The van der Waals surface area contributed by atoms with E-state index in [9.17, 15) is 0 Å². The van der Waals surface area contributed by atoms with Crippen LogP contribution in [0.1, 0.15) is 27.2 Å². The minimum absolute atomic E-state index is 0.167.